The van der Waals surface area contributed by atoms with Crippen LogP contribution in [0.2, 0.25) is 0 Å². The lowest BCUT2D eigenvalue weighted by Gasteiger charge is -2.21. The van der Waals surface area contributed by atoms with Crippen LogP contribution >= 0.6 is 0 Å². The van der Waals surface area contributed by atoms with Crippen molar-refractivity contribution in [2.24, 2.45) is 0 Å². The smallest absolute Gasteiger partial charge is 0.246 e. The molecular formula is C29H28N4O2. The van der Waals surface area contributed by atoms with E-state index in [-0.39, 0.29) is 18.4 Å². The summed E-state index contributed by atoms with van der Waals surface area (Å²) in [6, 6.07) is 22.2. The van der Waals surface area contributed by atoms with Crippen molar-refractivity contribution in [1.82, 2.24) is 9.88 Å². The quantitative estimate of drug-likeness (QED) is 0.566. The number of pyridine rings is 1. The Hall–Kier alpha value is -4.19. The summed E-state index contributed by atoms with van der Waals surface area (Å²) in [5.74, 6) is 0.481. The van der Waals surface area contributed by atoms with Gasteiger partial charge in [-0.05, 0) is 53.8 Å². The van der Waals surface area contributed by atoms with E-state index in [0.717, 1.165) is 29.7 Å². The number of nitrogens with one attached hydrogen (secondary N) is 1. The summed E-state index contributed by atoms with van der Waals surface area (Å²) >= 11 is 0. The van der Waals surface area contributed by atoms with Crippen molar-refractivity contribution < 1.29 is 9.59 Å². The predicted octanol–water partition coefficient (Wildman–Crippen LogP) is 4.76. The van der Waals surface area contributed by atoms with E-state index in [1.165, 1.54) is 11.1 Å². The summed E-state index contributed by atoms with van der Waals surface area (Å²) in [6.07, 6.45) is 9.07. The maximum absolute atomic E-state index is 12.9. The Morgan fingerprint density at radius 1 is 0.971 bits per heavy atom. The number of aromatic nitrogens is 1. The Labute approximate surface area is 205 Å². The lowest BCUT2D eigenvalue weighted by molar-refractivity contribution is -0.125. The average Bonchev–Trinajstić information content (AvgIpc) is 3.24. The largest absolute Gasteiger partial charge is 0.358 e. The number of carbonyl (C=O) groups is 2. The maximum Gasteiger partial charge on any atom is 0.246 e. The number of fused-ring (bicyclic) bond motifs is 1. The van der Waals surface area contributed by atoms with Gasteiger partial charge < -0.3 is 15.1 Å². The SMILES string of the molecule is O=C1CN(c2ccccc2)Cc2cc(C=CC(=O)N3CCC=C(c4ccccc4)CC3)cnc2N1. The van der Waals surface area contributed by atoms with Crippen molar-refractivity contribution in [1.29, 1.82) is 0 Å². The van der Waals surface area contributed by atoms with E-state index in [0.29, 0.717) is 25.5 Å². The fraction of sp³-hybridized carbons (Fsp3) is 0.207. The Morgan fingerprint density at radius 2 is 1.74 bits per heavy atom. The third kappa shape index (κ3) is 5.49. The van der Waals surface area contributed by atoms with Crippen LogP contribution in [0.25, 0.3) is 11.6 Å². The second kappa shape index (κ2) is 10.4. The minimum absolute atomic E-state index is 0.00173. The Kier molecular flexibility index (Phi) is 6.70. The van der Waals surface area contributed by atoms with Crippen molar-refractivity contribution in [2.75, 3.05) is 29.9 Å². The van der Waals surface area contributed by atoms with Gasteiger partial charge in [0.1, 0.15) is 5.82 Å². The molecule has 176 valence electrons. The third-order valence-electron chi connectivity index (χ3n) is 6.38. The van der Waals surface area contributed by atoms with Gasteiger partial charge in [-0.15, -0.1) is 0 Å². The molecule has 0 unspecified atom stereocenters. The van der Waals surface area contributed by atoms with Crippen molar-refractivity contribution in [2.45, 2.75) is 19.4 Å². The molecule has 35 heavy (non-hydrogen) atoms. The molecule has 3 heterocycles. The first kappa shape index (κ1) is 22.6. The van der Waals surface area contributed by atoms with Crippen molar-refractivity contribution in [3.05, 3.63) is 102 Å². The van der Waals surface area contributed by atoms with Crippen LogP contribution in [0.4, 0.5) is 11.5 Å². The number of hydrogen-bond acceptors (Lipinski definition) is 4. The number of nitrogens with zero attached hydrogens (tertiary/aromatic N) is 3. The van der Waals surface area contributed by atoms with Gasteiger partial charge in [0.15, 0.2) is 0 Å². The molecule has 0 fully saturated rings. The number of benzene rings is 2. The monoisotopic (exact) mass is 464 g/mol. The van der Waals surface area contributed by atoms with E-state index in [9.17, 15) is 9.59 Å². The highest BCUT2D eigenvalue weighted by Crippen LogP contribution is 2.25. The molecule has 1 aromatic heterocycles. The molecule has 0 atom stereocenters. The van der Waals surface area contributed by atoms with Crippen molar-refractivity contribution in [3.63, 3.8) is 0 Å². The van der Waals surface area contributed by atoms with Gasteiger partial charge >= 0.3 is 0 Å². The Bertz CT molecular complexity index is 1270. The van der Waals surface area contributed by atoms with Crippen molar-refractivity contribution in [3.8, 4) is 0 Å². The predicted molar refractivity (Wildman–Crippen MR) is 140 cm³/mol. The van der Waals surface area contributed by atoms with Gasteiger partial charge in [0.25, 0.3) is 0 Å². The number of anilines is 2. The van der Waals surface area contributed by atoms with E-state index in [1.54, 1.807) is 12.3 Å². The molecular weight excluding hydrogens is 436 g/mol. The summed E-state index contributed by atoms with van der Waals surface area (Å²) < 4.78 is 0. The molecule has 5 rings (SSSR count). The zero-order chi connectivity index (χ0) is 24.0. The number of rotatable bonds is 4. The van der Waals surface area contributed by atoms with E-state index in [4.69, 9.17) is 0 Å². The Morgan fingerprint density at radius 3 is 2.54 bits per heavy atom. The second-order valence-corrected chi connectivity index (χ2v) is 8.81. The van der Waals surface area contributed by atoms with Gasteiger partial charge in [-0.3, -0.25) is 9.59 Å². The van der Waals surface area contributed by atoms with Gasteiger partial charge in [0.05, 0.1) is 6.54 Å². The van der Waals surface area contributed by atoms with Crippen LogP contribution < -0.4 is 10.2 Å². The maximum atomic E-state index is 12.9. The molecule has 0 saturated carbocycles. The molecule has 6 nitrogen and oxygen atoms in total. The molecule has 2 amide bonds. The molecule has 0 spiro atoms. The van der Waals surface area contributed by atoms with Gasteiger partial charge in [-0.1, -0.05) is 54.6 Å². The van der Waals surface area contributed by atoms with E-state index in [1.807, 2.05) is 70.5 Å². The highest BCUT2D eigenvalue weighted by atomic mass is 16.2. The van der Waals surface area contributed by atoms with Crippen LogP contribution in [0.15, 0.2) is 85.1 Å². The molecule has 1 N–H and O–H groups in total. The molecule has 6 heteroatoms. The summed E-state index contributed by atoms with van der Waals surface area (Å²) in [5.41, 5.74) is 5.26. The van der Waals surface area contributed by atoms with Crippen LogP contribution in [-0.2, 0) is 16.1 Å². The van der Waals surface area contributed by atoms with E-state index >= 15 is 0 Å². The van der Waals surface area contributed by atoms with Crippen LogP contribution in [0, 0.1) is 0 Å². The fourth-order valence-corrected chi connectivity index (χ4v) is 4.55. The van der Waals surface area contributed by atoms with Gasteiger partial charge in [0, 0.05) is 43.2 Å². The highest BCUT2D eigenvalue weighted by Gasteiger charge is 2.21. The number of amides is 2. The normalized spacial score (nSPS) is 16.2. The summed E-state index contributed by atoms with van der Waals surface area (Å²) in [6.45, 7) is 2.23. The third-order valence-corrected chi connectivity index (χ3v) is 6.38. The minimum atomic E-state index is -0.0942. The lowest BCUT2D eigenvalue weighted by Crippen LogP contribution is -2.30. The first-order valence-electron chi connectivity index (χ1n) is 12.0. The second-order valence-electron chi connectivity index (χ2n) is 8.81. The highest BCUT2D eigenvalue weighted by molar-refractivity contribution is 5.95. The number of para-hydroxylation sites is 1. The molecule has 2 aliphatic heterocycles. The first-order chi connectivity index (χ1) is 17.2. The fourth-order valence-electron chi connectivity index (χ4n) is 4.55. The molecule has 2 aromatic carbocycles. The zero-order valence-electron chi connectivity index (χ0n) is 19.6. The van der Waals surface area contributed by atoms with Gasteiger partial charge in [-0.25, -0.2) is 4.98 Å². The van der Waals surface area contributed by atoms with Crippen LogP contribution in [0.3, 0.4) is 0 Å². The average molecular weight is 465 g/mol. The number of carbonyl (C=O) groups excluding carboxylic acids is 2. The molecule has 2 aliphatic rings. The lowest BCUT2D eigenvalue weighted by atomic mass is 10.0. The van der Waals surface area contributed by atoms with Crippen LogP contribution in [0.5, 0.6) is 0 Å². The molecule has 0 bridgehead atoms. The molecule has 0 radical (unpaired) electrons. The summed E-state index contributed by atoms with van der Waals surface area (Å²) in [5, 5.41) is 2.89. The van der Waals surface area contributed by atoms with Gasteiger partial charge in [0.2, 0.25) is 11.8 Å². The topological polar surface area (TPSA) is 65.5 Å². The zero-order valence-corrected chi connectivity index (χ0v) is 19.6. The van der Waals surface area contributed by atoms with Gasteiger partial charge in [-0.2, -0.15) is 0 Å². The molecule has 0 saturated heterocycles. The minimum Gasteiger partial charge on any atom is -0.358 e. The van der Waals surface area contributed by atoms with Crippen LogP contribution in [0.1, 0.15) is 29.5 Å². The summed E-state index contributed by atoms with van der Waals surface area (Å²) in [7, 11) is 0. The van der Waals surface area contributed by atoms with E-state index in [2.05, 4.69) is 28.5 Å². The Balaban J connectivity index is 1.26. The van der Waals surface area contributed by atoms with Crippen LogP contribution in [-0.4, -0.2) is 41.3 Å². The number of hydrogen-bond donors (Lipinski definition) is 1. The standard InChI is InChI=1S/C29H28N4O2/c34-27-21-33(26-11-5-2-6-12-26)20-25-18-22(19-30-29(25)31-27)13-14-28(35)32-16-7-10-24(15-17-32)23-8-3-1-4-9-23/h1-6,8-14,18-19H,7,15-17,20-21H2,(H,30,31,34). The first-order valence-corrected chi connectivity index (χ1v) is 12.0. The molecule has 0 aliphatic carbocycles. The summed E-state index contributed by atoms with van der Waals surface area (Å²) in [4.78, 5) is 33.7. The molecule has 3 aromatic rings. The van der Waals surface area contributed by atoms with E-state index < -0.39 is 0 Å². The van der Waals surface area contributed by atoms with Crippen molar-refractivity contribution >= 4 is 35.0 Å².